The summed E-state index contributed by atoms with van der Waals surface area (Å²) in [6.45, 7) is 8.18. The van der Waals surface area contributed by atoms with Crippen molar-refractivity contribution < 1.29 is 9.21 Å². The second-order valence-electron chi connectivity index (χ2n) is 5.63. The summed E-state index contributed by atoms with van der Waals surface area (Å²) in [6.07, 6.45) is 0. The third-order valence-electron chi connectivity index (χ3n) is 2.91. The third-order valence-corrected chi connectivity index (χ3v) is 3.73. The van der Waals surface area contributed by atoms with Crippen LogP contribution in [0.5, 0.6) is 0 Å². The van der Waals surface area contributed by atoms with Crippen molar-refractivity contribution in [3.05, 3.63) is 41.3 Å². The number of benzene rings is 1. The highest BCUT2D eigenvalue weighted by Crippen LogP contribution is 2.23. The first-order chi connectivity index (χ1) is 9.36. The molecular weight excluding hydrogens is 272 g/mol. The molecule has 0 aliphatic heterocycles. The van der Waals surface area contributed by atoms with Gasteiger partial charge in [0.1, 0.15) is 0 Å². The van der Waals surface area contributed by atoms with E-state index < -0.39 is 0 Å². The van der Waals surface area contributed by atoms with E-state index in [1.807, 2.05) is 24.3 Å². The molecule has 0 saturated heterocycles. The summed E-state index contributed by atoms with van der Waals surface area (Å²) >= 11 is 1.26. The first kappa shape index (κ1) is 14.8. The Morgan fingerprint density at radius 1 is 1.20 bits per heavy atom. The minimum Gasteiger partial charge on any atom is -0.416 e. The quantitative estimate of drug-likeness (QED) is 0.635. The first-order valence-corrected chi connectivity index (χ1v) is 7.41. The molecule has 0 amide bonds. The van der Waals surface area contributed by atoms with Crippen LogP contribution in [0, 0.1) is 6.92 Å². The lowest BCUT2D eigenvalue weighted by Gasteiger charge is -2.18. The lowest BCUT2D eigenvalue weighted by atomic mass is 9.86. The van der Waals surface area contributed by atoms with Gasteiger partial charge in [-0.2, -0.15) is 0 Å². The van der Waals surface area contributed by atoms with Crippen molar-refractivity contribution in [3.63, 3.8) is 0 Å². The smallest absolute Gasteiger partial charge is 0.277 e. The number of aromatic nitrogens is 2. The Hall–Kier alpha value is -1.62. The van der Waals surface area contributed by atoms with Gasteiger partial charge in [0.2, 0.25) is 5.89 Å². The molecule has 0 aliphatic rings. The number of rotatable bonds is 4. The van der Waals surface area contributed by atoms with Crippen LogP contribution in [0.4, 0.5) is 0 Å². The summed E-state index contributed by atoms with van der Waals surface area (Å²) in [5, 5.41) is 8.01. The Bertz CT molecular complexity index is 597. The van der Waals surface area contributed by atoms with Crippen molar-refractivity contribution >= 4 is 17.5 Å². The summed E-state index contributed by atoms with van der Waals surface area (Å²) in [6, 6.07) is 7.77. The molecule has 2 aromatic rings. The zero-order valence-corrected chi connectivity index (χ0v) is 13.0. The molecule has 1 aromatic heterocycles. The van der Waals surface area contributed by atoms with E-state index in [0.29, 0.717) is 22.4 Å². The van der Waals surface area contributed by atoms with Gasteiger partial charge in [-0.3, -0.25) is 4.79 Å². The summed E-state index contributed by atoms with van der Waals surface area (Å²) in [5.41, 5.74) is 2.02. The lowest BCUT2D eigenvalue weighted by molar-refractivity contribution is 0.102. The van der Waals surface area contributed by atoms with Crippen LogP contribution in [0.15, 0.2) is 33.9 Å². The highest BCUT2D eigenvalue weighted by molar-refractivity contribution is 7.99. The first-order valence-electron chi connectivity index (χ1n) is 6.43. The lowest BCUT2D eigenvalue weighted by Crippen LogP contribution is -2.11. The molecule has 1 heterocycles. The number of carbonyl (C=O) groups is 1. The van der Waals surface area contributed by atoms with Gasteiger partial charge in [0.15, 0.2) is 5.78 Å². The number of hydrogen-bond acceptors (Lipinski definition) is 5. The number of Topliss-reactive ketones (excluding diaryl/α,β-unsaturated/α-hetero) is 1. The van der Waals surface area contributed by atoms with Crippen molar-refractivity contribution in [1.82, 2.24) is 10.2 Å². The molecule has 1 aromatic carbocycles. The normalized spacial score (nSPS) is 11.6. The molecule has 0 radical (unpaired) electrons. The minimum atomic E-state index is 0.0614. The Labute approximate surface area is 123 Å². The molecule has 0 spiro atoms. The van der Waals surface area contributed by atoms with Crippen molar-refractivity contribution in [2.24, 2.45) is 0 Å². The third kappa shape index (κ3) is 3.70. The summed E-state index contributed by atoms with van der Waals surface area (Å²) in [5.74, 6) is 0.872. The van der Waals surface area contributed by atoms with Gasteiger partial charge in [-0.25, -0.2) is 0 Å². The zero-order valence-electron chi connectivity index (χ0n) is 12.1. The molecule has 20 heavy (non-hydrogen) atoms. The van der Waals surface area contributed by atoms with Crippen LogP contribution in [-0.2, 0) is 5.41 Å². The van der Waals surface area contributed by atoms with E-state index in [1.165, 1.54) is 17.3 Å². The maximum Gasteiger partial charge on any atom is 0.277 e. The van der Waals surface area contributed by atoms with Gasteiger partial charge >= 0.3 is 0 Å². The van der Waals surface area contributed by atoms with Crippen LogP contribution < -0.4 is 0 Å². The van der Waals surface area contributed by atoms with E-state index in [2.05, 4.69) is 31.0 Å². The SMILES string of the molecule is Cc1nnc(SCC(=O)c2ccc(C(C)(C)C)cc2)o1. The van der Waals surface area contributed by atoms with Gasteiger partial charge < -0.3 is 4.42 Å². The molecule has 2 rings (SSSR count). The second-order valence-corrected chi connectivity index (χ2v) is 6.55. The summed E-state index contributed by atoms with van der Waals surface area (Å²) in [7, 11) is 0. The second kappa shape index (κ2) is 5.79. The molecule has 4 nitrogen and oxygen atoms in total. The van der Waals surface area contributed by atoms with E-state index in [-0.39, 0.29) is 11.2 Å². The number of carbonyl (C=O) groups excluding carboxylic acids is 1. The number of nitrogens with zero attached hydrogens (tertiary/aromatic N) is 2. The summed E-state index contributed by atoms with van der Waals surface area (Å²) < 4.78 is 5.22. The average molecular weight is 290 g/mol. The highest BCUT2D eigenvalue weighted by Gasteiger charge is 2.15. The van der Waals surface area contributed by atoms with Gasteiger partial charge in [-0.05, 0) is 11.0 Å². The largest absolute Gasteiger partial charge is 0.416 e. The molecule has 0 atom stereocenters. The number of ketones is 1. The Balaban J connectivity index is 1.99. The molecule has 0 bridgehead atoms. The van der Waals surface area contributed by atoms with Crippen LogP contribution in [0.3, 0.4) is 0 Å². The monoisotopic (exact) mass is 290 g/mol. The van der Waals surface area contributed by atoms with Gasteiger partial charge in [-0.15, -0.1) is 10.2 Å². The van der Waals surface area contributed by atoms with Gasteiger partial charge in [0.05, 0.1) is 5.75 Å². The standard InChI is InChI=1S/C15H18N2O2S/c1-10-16-17-14(19-10)20-9-13(18)11-5-7-12(8-6-11)15(2,3)4/h5-8H,9H2,1-4H3. The van der Waals surface area contributed by atoms with Crippen molar-refractivity contribution in [2.45, 2.75) is 38.3 Å². The van der Waals surface area contributed by atoms with E-state index in [9.17, 15) is 4.79 Å². The molecule has 0 saturated carbocycles. The molecule has 5 heteroatoms. The average Bonchev–Trinajstić information content (AvgIpc) is 2.81. The van der Waals surface area contributed by atoms with E-state index in [4.69, 9.17) is 4.42 Å². The van der Waals surface area contributed by atoms with E-state index in [1.54, 1.807) is 6.92 Å². The van der Waals surface area contributed by atoms with E-state index in [0.717, 1.165) is 0 Å². The minimum absolute atomic E-state index is 0.0614. The van der Waals surface area contributed by atoms with E-state index >= 15 is 0 Å². The molecular formula is C15H18N2O2S. The topological polar surface area (TPSA) is 56.0 Å². The molecule has 0 N–H and O–H groups in total. The maximum absolute atomic E-state index is 12.1. The maximum atomic E-state index is 12.1. The number of hydrogen-bond donors (Lipinski definition) is 0. The van der Waals surface area contributed by atoms with Crippen LogP contribution >= 0.6 is 11.8 Å². The highest BCUT2D eigenvalue weighted by atomic mass is 32.2. The fourth-order valence-electron chi connectivity index (χ4n) is 1.70. The Morgan fingerprint density at radius 2 is 1.85 bits per heavy atom. The molecule has 0 aliphatic carbocycles. The van der Waals surface area contributed by atoms with Crippen LogP contribution in [0.2, 0.25) is 0 Å². The van der Waals surface area contributed by atoms with Crippen LogP contribution in [0.25, 0.3) is 0 Å². The predicted molar refractivity (Wildman–Crippen MR) is 79.2 cm³/mol. The molecule has 106 valence electrons. The Kier molecular flexibility index (Phi) is 4.28. The fraction of sp³-hybridized carbons (Fsp3) is 0.400. The summed E-state index contributed by atoms with van der Waals surface area (Å²) in [4.78, 5) is 12.1. The zero-order chi connectivity index (χ0) is 14.8. The van der Waals surface area contributed by atoms with Gasteiger partial charge in [-0.1, -0.05) is 56.8 Å². The predicted octanol–water partition coefficient (Wildman–Crippen LogP) is 3.65. The Morgan fingerprint density at radius 3 is 2.35 bits per heavy atom. The molecule has 0 fully saturated rings. The van der Waals surface area contributed by atoms with Crippen molar-refractivity contribution in [3.8, 4) is 0 Å². The van der Waals surface area contributed by atoms with Crippen molar-refractivity contribution in [2.75, 3.05) is 5.75 Å². The number of thioether (sulfide) groups is 1. The van der Waals surface area contributed by atoms with Crippen LogP contribution in [-0.4, -0.2) is 21.7 Å². The van der Waals surface area contributed by atoms with Gasteiger partial charge in [0.25, 0.3) is 5.22 Å². The van der Waals surface area contributed by atoms with Crippen molar-refractivity contribution in [1.29, 1.82) is 0 Å². The van der Waals surface area contributed by atoms with Gasteiger partial charge in [0, 0.05) is 12.5 Å². The fourth-order valence-corrected chi connectivity index (χ4v) is 2.40. The van der Waals surface area contributed by atoms with Crippen LogP contribution in [0.1, 0.15) is 42.6 Å². The number of aryl methyl sites for hydroxylation is 1. The molecule has 0 unspecified atom stereocenters.